The second-order valence-corrected chi connectivity index (χ2v) is 7.10. The van der Waals surface area contributed by atoms with Crippen molar-refractivity contribution < 1.29 is 4.79 Å². The molecule has 1 unspecified atom stereocenters. The van der Waals surface area contributed by atoms with Crippen molar-refractivity contribution in [3.63, 3.8) is 0 Å². The average Bonchev–Trinajstić information content (AvgIpc) is 1.78. The van der Waals surface area contributed by atoms with Gasteiger partial charge in [-0.1, -0.05) is 36.7 Å². The molecule has 0 saturated carbocycles. The summed E-state index contributed by atoms with van der Waals surface area (Å²) in [5.41, 5.74) is 0.0870. The monoisotopic (exact) mass is 263 g/mol. The fraction of sp³-hybridized carbons (Fsp3) is 0.909. The Balaban J connectivity index is 4.28. The van der Waals surface area contributed by atoms with Crippen LogP contribution in [-0.2, 0) is 4.79 Å². The van der Waals surface area contributed by atoms with Crippen molar-refractivity contribution in [1.29, 1.82) is 0 Å². The van der Waals surface area contributed by atoms with Crippen molar-refractivity contribution in [1.82, 2.24) is 5.32 Å². The predicted molar refractivity (Wildman–Crippen MR) is 64.7 cm³/mol. The number of hydrogen-bond acceptors (Lipinski definition) is 1. The van der Waals surface area contributed by atoms with Gasteiger partial charge in [0.05, 0.1) is 4.83 Å². The summed E-state index contributed by atoms with van der Waals surface area (Å²) in [5, 5.41) is 3.03. The highest BCUT2D eigenvalue weighted by molar-refractivity contribution is 9.10. The smallest absolute Gasteiger partial charge is 0.233 e. The Hall–Kier alpha value is -0.0500. The molecule has 0 rings (SSSR count). The molecule has 0 spiro atoms. The molecule has 1 amide bonds. The van der Waals surface area contributed by atoms with E-state index in [0.29, 0.717) is 0 Å². The summed E-state index contributed by atoms with van der Waals surface area (Å²) in [7, 11) is 0. The topological polar surface area (TPSA) is 29.1 Å². The van der Waals surface area contributed by atoms with Crippen molar-refractivity contribution in [3.05, 3.63) is 0 Å². The van der Waals surface area contributed by atoms with Crippen LogP contribution in [0, 0.1) is 5.41 Å². The molecule has 0 aliphatic carbocycles. The van der Waals surface area contributed by atoms with E-state index >= 15 is 0 Å². The minimum Gasteiger partial charge on any atom is -0.350 e. The van der Waals surface area contributed by atoms with Crippen LogP contribution < -0.4 is 5.32 Å². The summed E-state index contributed by atoms with van der Waals surface area (Å²) < 4.78 is 0. The standard InChI is InChI=1S/C11H22BrNO/c1-8(12)9(14)13-11(5,6)7-10(2,3)4/h8H,7H2,1-6H3,(H,13,14). The van der Waals surface area contributed by atoms with Gasteiger partial charge in [-0.3, -0.25) is 4.79 Å². The van der Waals surface area contributed by atoms with Crippen LogP contribution in [0.2, 0.25) is 0 Å². The molecule has 0 aromatic rings. The van der Waals surface area contributed by atoms with E-state index in [-0.39, 0.29) is 21.7 Å². The van der Waals surface area contributed by atoms with Gasteiger partial charge in [0.2, 0.25) is 5.91 Å². The normalized spacial score (nSPS) is 15.1. The number of halogens is 1. The number of alkyl halides is 1. The highest BCUT2D eigenvalue weighted by Gasteiger charge is 2.27. The molecular formula is C11H22BrNO. The molecule has 3 heteroatoms. The molecule has 0 aromatic carbocycles. The molecule has 2 nitrogen and oxygen atoms in total. The molecule has 1 atom stereocenters. The minimum atomic E-state index is -0.142. The first-order chi connectivity index (χ1) is 6.03. The number of amides is 1. The Labute approximate surface area is 96.0 Å². The Morgan fingerprint density at radius 1 is 1.29 bits per heavy atom. The number of nitrogens with one attached hydrogen (secondary N) is 1. The zero-order valence-electron chi connectivity index (χ0n) is 10.1. The molecule has 0 radical (unpaired) electrons. The van der Waals surface area contributed by atoms with Crippen molar-refractivity contribution >= 4 is 21.8 Å². The molecule has 0 aromatic heterocycles. The van der Waals surface area contributed by atoms with Crippen LogP contribution in [0.15, 0.2) is 0 Å². The molecule has 0 saturated heterocycles. The largest absolute Gasteiger partial charge is 0.350 e. The van der Waals surface area contributed by atoms with Crippen LogP contribution in [0.5, 0.6) is 0 Å². The SMILES string of the molecule is CC(Br)C(=O)NC(C)(C)CC(C)(C)C. The fourth-order valence-electron chi connectivity index (χ4n) is 1.80. The van der Waals surface area contributed by atoms with E-state index in [1.54, 1.807) is 0 Å². The number of carbonyl (C=O) groups excluding carboxylic acids is 1. The highest BCUT2D eigenvalue weighted by Crippen LogP contribution is 2.26. The van der Waals surface area contributed by atoms with E-state index in [9.17, 15) is 4.79 Å². The van der Waals surface area contributed by atoms with Gasteiger partial charge in [-0.2, -0.15) is 0 Å². The van der Waals surface area contributed by atoms with Gasteiger partial charge in [-0.05, 0) is 32.6 Å². The van der Waals surface area contributed by atoms with Gasteiger partial charge in [-0.15, -0.1) is 0 Å². The number of hydrogen-bond donors (Lipinski definition) is 1. The summed E-state index contributed by atoms with van der Waals surface area (Å²) in [6, 6.07) is 0. The summed E-state index contributed by atoms with van der Waals surface area (Å²) >= 11 is 3.26. The Kier molecular flexibility index (Phi) is 4.63. The van der Waals surface area contributed by atoms with E-state index in [1.165, 1.54) is 0 Å². The molecule has 0 bridgehead atoms. The van der Waals surface area contributed by atoms with E-state index in [0.717, 1.165) is 6.42 Å². The Morgan fingerprint density at radius 3 is 2.00 bits per heavy atom. The zero-order chi connectivity index (χ0) is 11.6. The second-order valence-electron chi connectivity index (χ2n) is 5.73. The third-order valence-electron chi connectivity index (χ3n) is 1.80. The van der Waals surface area contributed by atoms with Crippen molar-refractivity contribution in [2.24, 2.45) is 5.41 Å². The molecule has 1 N–H and O–H groups in total. The molecule has 0 fully saturated rings. The maximum atomic E-state index is 11.5. The molecule has 0 heterocycles. The number of carbonyl (C=O) groups is 1. The summed E-state index contributed by atoms with van der Waals surface area (Å²) in [4.78, 5) is 11.4. The zero-order valence-corrected chi connectivity index (χ0v) is 11.7. The molecule has 0 aliphatic heterocycles. The van der Waals surface area contributed by atoms with Crippen LogP contribution in [0.25, 0.3) is 0 Å². The van der Waals surface area contributed by atoms with E-state index in [2.05, 4.69) is 55.9 Å². The van der Waals surface area contributed by atoms with Crippen molar-refractivity contribution in [2.75, 3.05) is 0 Å². The second kappa shape index (κ2) is 4.65. The Bertz CT molecular complexity index is 204. The maximum absolute atomic E-state index is 11.5. The molecule has 0 aliphatic rings. The van der Waals surface area contributed by atoms with Gasteiger partial charge in [0.15, 0.2) is 0 Å². The third-order valence-corrected chi connectivity index (χ3v) is 2.21. The average molecular weight is 264 g/mol. The van der Waals surface area contributed by atoms with Gasteiger partial charge in [0.25, 0.3) is 0 Å². The van der Waals surface area contributed by atoms with Gasteiger partial charge in [-0.25, -0.2) is 0 Å². The van der Waals surface area contributed by atoms with Crippen LogP contribution in [-0.4, -0.2) is 16.3 Å². The summed E-state index contributed by atoms with van der Waals surface area (Å²) in [5.74, 6) is 0.0549. The Morgan fingerprint density at radius 2 is 1.71 bits per heavy atom. The molecule has 14 heavy (non-hydrogen) atoms. The highest BCUT2D eigenvalue weighted by atomic mass is 79.9. The lowest BCUT2D eigenvalue weighted by atomic mass is 9.82. The third kappa shape index (κ3) is 6.41. The first kappa shape index (κ1) is 13.9. The minimum absolute atomic E-state index is 0.0549. The van der Waals surface area contributed by atoms with Crippen LogP contribution >= 0.6 is 15.9 Å². The maximum Gasteiger partial charge on any atom is 0.233 e. The fourth-order valence-corrected chi connectivity index (χ4v) is 1.92. The molecular weight excluding hydrogens is 242 g/mol. The summed E-state index contributed by atoms with van der Waals surface area (Å²) in [6.45, 7) is 12.5. The van der Waals surface area contributed by atoms with Gasteiger partial charge >= 0.3 is 0 Å². The van der Waals surface area contributed by atoms with Crippen molar-refractivity contribution in [3.8, 4) is 0 Å². The lowest BCUT2D eigenvalue weighted by molar-refractivity contribution is -0.122. The van der Waals surface area contributed by atoms with E-state index in [4.69, 9.17) is 0 Å². The van der Waals surface area contributed by atoms with Crippen molar-refractivity contribution in [2.45, 2.75) is 58.3 Å². The van der Waals surface area contributed by atoms with Crippen LogP contribution in [0.3, 0.4) is 0 Å². The predicted octanol–water partition coefficient (Wildman–Crippen LogP) is 3.10. The van der Waals surface area contributed by atoms with Gasteiger partial charge in [0, 0.05) is 5.54 Å². The van der Waals surface area contributed by atoms with E-state index < -0.39 is 0 Å². The number of rotatable bonds is 3. The lowest BCUT2D eigenvalue weighted by Gasteiger charge is -2.33. The van der Waals surface area contributed by atoms with Crippen LogP contribution in [0.1, 0.15) is 48.0 Å². The summed E-state index contributed by atoms with van der Waals surface area (Å²) in [6.07, 6.45) is 0.964. The van der Waals surface area contributed by atoms with Crippen LogP contribution in [0.4, 0.5) is 0 Å². The first-order valence-corrected chi connectivity index (χ1v) is 5.91. The first-order valence-electron chi connectivity index (χ1n) is 5.00. The van der Waals surface area contributed by atoms with E-state index in [1.807, 2.05) is 6.92 Å². The molecule has 84 valence electrons. The quantitative estimate of drug-likeness (QED) is 0.780. The van der Waals surface area contributed by atoms with Gasteiger partial charge < -0.3 is 5.32 Å². The lowest BCUT2D eigenvalue weighted by Crippen LogP contribution is -2.47. The van der Waals surface area contributed by atoms with Gasteiger partial charge in [0.1, 0.15) is 0 Å².